The number of pyridine rings is 3. The molecule has 4 N–H and O–H groups in total. The van der Waals surface area contributed by atoms with Crippen molar-refractivity contribution < 1.29 is 8.78 Å². The maximum atomic E-state index is 14.9. The highest BCUT2D eigenvalue weighted by Crippen LogP contribution is 2.32. The third kappa shape index (κ3) is 4.40. The maximum Gasteiger partial charge on any atom is 0.150 e. The maximum absolute atomic E-state index is 14.9. The van der Waals surface area contributed by atoms with Gasteiger partial charge >= 0.3 is 0 Å². The van der Waals surface area contributed by atoms with E-state index in [1.54, 1.807) is 24.4 Å². The van der Waals surface area contributed by atoms with Gasteiger partial charge in [-0.05, 0) is 54.4 Å². The molecule has 7 nitrogen and oxygen atoms in total. The monoisotopic (exact) mass is 461 g/mol. The Kier molecular flexibility index (Phi) is 6.04. The van der Waals surface area contributed by atoms with Gasteiger partial charge in [0.05, 0.1) is 18.1 Å². The van der Waals surface area contributed by atoms with Gasteiger partial charge in [0.1, 0.15) is 28.8 Å². The Bertz CT molecular complexity index is 1320. The molecule has 4 heterocycles. The van der Waals surface area contributed by atoms with E-state index in [-0.39, 0.29) is 17.1 Å². The van der Waals surface area contributed by atoms with Crippen LogP contribution in [0.15, 0.2) is 55.0 Å². The Hall–Kier alpha value is -3.69. The van der Waals surface area contributed by atoms with Crippen LogP contribution >= 0.6 is 0 Å². The van der Waals surface area contributed by atoms with E-state index >= 15 is 0 Å². The predicted octanol–water partition coefficient (Wildman–Crippen LogP) is 4.14. The number of halogens is 2. The van der Waals surface area contributed by atoms with Crippen molar-refractivity contribution in [2.24, 2.45) is 5.73 Å². The minimum Gasteiger partial charge on any atom is -0.368 e. The standard InChI is InChI=1S/C25H25F2N7/c1-15(28)18-4-5-30-25-20(18)10-16(11-21(25)26)19-12-24(32-14-22(19)27)33-23-3-2-17(13-31-23)34-8-6-29-7-9-34/h2-5,10-15,29H,6-9,28H2,1H3,(H,31,32,33). The van der Waals surface area contributed by atoms with Crippen molar-refractivity contribution in [3.05, 3.63) is 72.2 Å². The van der Waals surface area contributed by atoms with E-state index in [1.807, 2.05) is 19.1 Å². The number of hydrogen-bond acceptors (Lipinski definition) is 7. The van der Waals surface area contributed by atoms with Gasteiger partial charge < -0.3 is 21.3 Å². The minimum atomic E-state index is -0.558. The molecule has 5 rings (SSSR count). The number of nitrogens with zero attached hydrogens (tertiary/aromatic N) is 4. The molecule has 1 aliphatic rings. The van der Waals surface area contributed by atoms with E-state index in [1.165, 1.54) is 12.3 Å². The van der Waals surface area contributed by atoms with Gasteiger partial charge in [0, 0.05) is 49.4 Å². The van der Waals surface area contributed by atoms with Crippen LogP contribution in [0.4, 0.5) is 26.1 Å². The van der Waals surface area contributed by atoms with Crippen LogP contribution in [0.5, 0.6) is 0 Å². The van der Waals surface area contributed by atoms with E-state index < -0.39 is 11.6 Å². The lowest BCUT2D eigenvalue weighted by atomic mass is 9.98. The molecule has 0 bridgehead atoms. The zero-order chi connectivity index (χ0) is 23.7. The molecule has 1 aliphatic heterocycles. The smallest absolute Gasteiger partial charge is 0.150 e. The SMILES string of the molecule is CC(N)c1ccnc2c(F)cc(-c3cc(Nc4ccc(N5CCNCC5)cn4)ncc3F)cc12. The van der Waals surface area contributed by atoms with Crippen molar-refractivity contribution >= 4 is 28.2 Å². The van der Waals surface area contributed by atoms with Crippen molar-refractivity contribution in [2.45, 2.75) is 13.0 Å². The molecular formula is C25H25F2N7. The Labute approximate surface area is 196 Å². The van der Waals surface area contributed by atoms with Gasteiger partial charge in [-0.25, -0.2) is 18.7 Å². The van der Waals surface area contributed by atoms with Crippen LogP contribution in [0.3, 0.4) is 0 Å². The van der Waals surface area contributed by atoms with Gasteiger partial charge in [-0.3, -0.25) is 4.98 Å². The van der Waals surface area contributed by atoms with E-state index in [0.29, 0.717) is 22.6 Å². The Morgan fingerprint density at radius 1 is 0.971 bits per heavy atom. The number of nitrogens with one attached hydrogen (secondary N) is 2. The molecule has 4 aromatic rings. The third-order valence-corrected chi connectivity index (χ3v) is 5.98. The molecule has 3 aromatic heterocycles. The molecule has 0 amide bonds. The average molecular weight is 462 g/mol. The minimum absolute atomic E-state index is 0.208. The fourth-order valence-corrected chi connectivity index (χ4v) is 4.21. The summed E-state index contributed by atoms with van der Waals surface area (Å²) >= 11 is 0. The van der Waals surface area contributed by atoms with Gasteiger partial charge in [-0.2, -0.15) is 0 Å². The first-order chi connectivity index (χ1) is 16.5. The first kappa shape index (κ1) is 22.1. The fraction of sp³-hybridized carbons (Fsp3) is 0.240. The van der Waals surface area contributed by atoms with Crippen molar-refractivity contribution in [1.29, 1.82) is 0 Å². The highest BCUT2D eigenvalue weighted by molar-refractivity contribution is 5.88. The zero-order valence-corrected chi connectivity index (χ0v) is 18.7. The summed E-state index contributed by atoms with van der Waals surface area (Å²) in [5, 5.41) is 6.99. The van der Waals surface area contributed by atoms with Crippen molar-refractivity contribution in [3.63, 3.8) is 0 Å². The van der Waals surface area contributed by atoms with Crippen molar-refractivity contribution in [2.75, 3.05) is 36.4 Å². The summed E-state index contributed by atoms with van der Waals surface area (Å²) < 4.78 is 29.6. The van der Waals surface area contributed by atoms with Crippen LogP contribution in [0, 0.1) is 11.6 Å². The lowest BCUT2D eigenvalue weighted by Crippen LogP contribution is -2.43. The third-order valence-electron chi connectivity index (χ3n) is 5.98. The average Bonchev–Trinajstić information content (AvgIpc) is 2.86. The summed E-state index contributed by atoms with van der Waals surface area (Å²) in [5.74, 6) is -0.113. The quantitative estimate of drug-likeness (QED) is 0.411. The normalized spacial score (nSPS) is 14.9. The summed E-state index contributed by atoms with van der Waals surface area (Å²) in [6, 6.07) is 9.82. The molecule has 0 aliphatic carbocycles. The van der Waals surface area contributed by atoms with Crippen molar-refractivity contribution in [3.8, 4) is 11.1 Å². The molecule has 0 saturated carbocycles. The van der Waals surface area contributed by atoms with Gasteiger partial charge in [-0.1, -0.05) is 0 Å². The Morgan fingerprint density at radius 2 is 1.76 bits per heavy atom. The molecular weight excluding hydrogens is 436 g/mol. The molecule has 174 valence electrons. The fourth-order valence-electron chi connectivity index (χ4n) is 4.21. The number of benzene rings is 1. The van der Waals surface area contributed by atoms with E-state index in [0.717, 1.165) is 43.6 Å². The molecule has 0 radical (unpaired) electrons. The highest BCUT2D eigenvalue weighted by atomic mass is 19.1. The number of nitrogens with two attached hydrogens (primary N) is 1. The molecule has 0 spiro atoms. The number of anilines is 3. The second-order valence-electron chi connectivity index (χ2n) is 8.36. The number of fused-ring (bicyclic) bond motifs is 1. The molecule has 34 heavy (non-hydrogen) atoms. The topological polar surface area (TPSA) is 92.0 Å². The molecule has 1 fully saturated rings. The van der Waals surface area contributed by atoms with Crippen LogP contribution in [0.25, 0.3) is 22.0 Å². The summed E-state index contributed by atoms with van der Waals surface area (Å²) in [5.41, 5.74) is 8.65. The Balaban J connectivity index is 1.45. The predicted molar refractivity (Wildman–Crippen MR) is 130 cm³/mol. The van der Waals surface area contributed by atoms with Crippen LogP contribution in [-0.4, -0.2) is 41.1 Å². The highest BCUT2D eigenvalue weighted by Gasteiger charge is 2.16. The second kappa shape index (κ2) is 9.28. The summed E-state index contributed by atoms with van der Waals surface area (Å²) in [7, 11) is 0. The second-order valence-corrected chi connectivity index (χ2v) is 8.36. The molecule has 1 aromatic carbocycles. The summed E-state index contributed by atoms with van der Waals surface area (Å²) in [6.45, 7) is 5.56. The zero-order valence-electron chi connectivity index (χ0n) is 18.7. The summed E-state index contributed by atoms with van der Waals surface area (Å²) in [6.07, 6.45) is 4.45. The van der Waals surface area contributed by atoms with E-state index in [9.17, 15) is 8.78 Å². The van der Waals surface area contributed by atoms with Crippen LogP contribution in [0.1, 0.15) is 18.5 Å². The van der Waals surface area contributed by atoms with Gasteiger partial charge in [0.15, 0.2) is 0 Å². The van der Waals surface area contributed by atoms with Crippen LogP contribution in [0.2, 0.25) is 0 Å². The van der Waals surface area contributed by atoms with Crippen molar-refractivity contribution in [1.82, 2.24) is 20.3 Å². The lowest BCUT2D eigenvalue weighted by molar-refractivity contribution is 0.589. The van der Waals surface area contributed by atoms with Gasteiger partial charge in [0.25, 0.3) is 0 Å². The van der Waals surface area contributed by atoms with Crippen LogP contribution in [-0.2, 0) is 0 Å². The van der Waals surface area contributed by atoms with Gasteiger partial charge in [0.2, 0.25) is 0 Å². The molecule has 1 unspecified atom stereocenters. The summed E-state index contributed by atoms with van der Waals surface area (Å²) in [4.78, 5) is 15.0. The van der Waals surface area contributed by atoms with E-state index in [2.05, 4.69) is 30.5 Å². The number of piperazine rings is 1. The lowest BCUT2D eigenvalue weighted by Gasteiger charge is -2.29. The number of aromatic nitrogens is 3. The first-order valence-electron chi connectivity index (χ1n) is 11.2. The molecule has 9 heteroatoms. The van der Waals surface area contributed by atoms with Gasteiger partial charge in [-0.15, -0.1) is 0 Å². The number of rotatable bonds is 5. The first-order valence-corrected chi connectivity index (χ1v) is 11.2. The van der Waals surface area contributed by atoms with Crippen LogP contribution < -0.4 is 21.3 Å². The largest absolute Gasteiger partial charge is 0.368 e. The molecule has 1 saturated heterocycles. The number of hydrogen-bond donors (Lipinski definition) is 3. The molecule has 1 atom stereocenters. The Morgan fingerprint density at radius 3 is 2.50 bits per heavy atom. The van der Waals surface area contributed by atoms with E-state index in [4.69, 9.17) is 5.73 Å².